The van der Waals surface area contributed by atoms with Gasteiger partial charge in [-0.05, 0) is 29.7 Å². The number of rotatable bonds is 10. The molecule has 1 aliphatic heterocycles. The van der Waals surface area contributed by atoms with Crippen LogP contribution in [-0.2, 0) is 29.2 Å². The van der Waals surface area contributed by atoms with E-state index in [0.29, 0.717) is 13.2 Å². The molecule has 0 saturated carbocycles. The molecule has 1 aromatic carbocycles. The van der Waals surface area contributed by atoms with E-state index in [2.05, 4.69) is 44.8 Å². The average Bonchev–Trinajstić information content (AvgIpc) is 3.28. The topological polar surface area (TPSA) is 71.3 Å². The minimum atomic E-state index is 0. The van der Waals surface area contributed by atoms with Gasteiger partial charge in [-0.1, -0.05) is 24.3 Å². The lowest BCUT2D eigenvalue weighted by molar-refractivity contribution is 0.0342. The lowest BCUT2D eigenvalue weighted by Gasteiger charge is -2.26. The van der Waals surface area contributed by atoms with Crippen molar-refractivity contribution in [2.24, 2.45) is 4.99 Å². The summed E-state index contributed by atoms with van der Waals surface area (Å²) < 4.78 is 16.2. The fourth-order valence-electron chi connectivity index (χ4n) is 3.13. The summed E-state index contributed by atoms with van der Waals surface area (Å²) in [6, 6.07) is 12.6. The van der Waals surface area contributed by atoms with Crippen molar-refractivity contribution in [2.45, 2.75) is 26.1 Å². The Morgan fingerprint density at radius 3 is 2.57 bits per heavy atom. The molecule has 3 rings (SSSR count). The quantitative estimate of drug-likeness (QED) is 0.214. The third kappa shape index (κ3) is 9.03. The highest BCUT2D eigenvalue weighted by molar-refractivity contribution is 14.0. The molecule has 1 saturated heterocycles. The van der Waals surface area contributed by atoms with Crippen molar-refractivity contribution in [1.82, 2.24) is 15.5 Å². The Balaban J connectivity index is 0.00000320. The van der Waals surface area contributed by atoms with Crippen LogP contribution in [0.4, 0.5) is 0 Å². The Morgan fingerprint density at radius 1 is 1.10 bits per heavy atom. The molecule has 0 aliphatic carbocycles. The number of morpholine rings is 1. The van der Waals surface area contributed by atoms with E-state index < -0.39 is 0 Å². The number of nitrogens with zero attached hydrogens (tertiary/aromatic N) is 2. The number of hydrogen-bond donors (Lipinski definition) is 2. The second kappa shape index (κ2) is 14.4. The van der Waals surface area contributed by atoms with Gasteiger partial charge in [0.2, 0.25) is 0 Å². The van der Waals surface area contributed by atoms with Gasteiger partial charge < -0.3 is 24.5 Å². The second-order valence-corrected chi connectivity index (χ2v) is 7.04. The van der Waals surface area contributed by atoms with Crippen LogP contribution >= 0.6 is 24.0 Å². The molecule has 2 N–H and O–H groups in total. The van der Waals surface area contributed by atoms with Crippen LogP contribution in [0.15, 0.2) is 52.1 Å². The van der Waals surface area contributed by atoms with Crippen LogP contribution in [0.1, 0.15) is 23.3 Å². The zero-order valence-electron chi connectivity index (χ0n) is 17.6. The Kier molecular flexibility index (Phi) is 11.8. The monoisotopic (exact) mass is 528 g/mol. The molecule has 0 unspecified atom stereocenters. The van der Waals surface area contributed by atoms with Crippen molar-refractivity contribution in [2.75, 3.05) is 46.5 Å². The van der Waals surface area contributed by atoms with Gasteiger partial charge >= 0.3 is 0 Å². The molecular weight excluding hydrogens is 495 g/mol. The van der Waals surface area contributed by atoms with Gasteiger partial charge in [0.05, 0.1) is 19.5 Å². The van der Waals surface area contributed by atoms with E-state index in [1.54, 1.807) is 13.3 Å². The lowest BCUT2D eigenvalue weighted by atomic mass is 10.1. The van der Waals surface area contributed by atoms with E-state index in [4.69, 9.17) is 13.9 Å². The summed E-state index contributed by atoms with van der Waals surface area (Å²) in [4.78, 5) is 6.71. The van der Waals surface area contributed by atoms with Crippen LogP contribution in [-0.4, -0.2) is 57.4 Å². The first-order chi connectivity index (χ1) is 14.3. The molecule has 1 aromatic heterocycles. The van der Waals surface area contributed by atoms with Crippen molar-refractivity contribution >= 4 is 29.9 Å². The first kappa shape index (κ1) is 24.6. The zero-order chi connectivity index (χ0) is 20.2. The van der Waals surface area contributed by atoms with Gasteiger partial charge in [0.1, 0.15) is 12.4 Å². The standard InChI is InChI=1S/C22H32N4O3.HI/c1-23-22(24-9-3-12-28-18-21-4-2-13-29-21)25-16-19-5-7-20(8-6-19)17-26-10-14-27-15-11-26;/h2,4-8,13H,3,9-12,14-18H2,1H3,(H2,23,24,25);1H. The highest BCUT2D eigenvalue weighted by Gasteiger charge is 2.10. The predicted molar refractivity (Wildman–Crippen MR) is 129 cm³/mol. The second-order valence-electron chi connectivity index (χ2n) is 7.04. The number of guanidine groups is 1. The molecule has 166 valence electrons. The predicted octanol–water partition coefficient (Wildman–Crippen LogP) is 3.00. The smallest absolute Gasteiger partial charge is 0.191 e. The highest BCUT2D eigenvalue weighted by Crippen LogP contribution is 2.09. The number of halogens is 1. The van der Waals surface area contributed by atoms with Crippen molar-refractivity contribution in [1.29, 1.82) is 0 Å². The Bertz CT molecular complexity index is 716. The zero-order valence-corrected chi connectivity index (χ0v) is 20.0. The van der Waals surface area contributed by atoms with Gasteiger partial charge in [-0.15, -0.1) is 24.0 Å². The molecule has 0 spiro atoms. The fourth-order valence-corrected chi connectivity index (χ4v) is 3.13. The molecule has 0 radical (unpaired) electrons. The summed E-state index contributed by atoms with van der Waals surface area (Å²) in [5.41, 5.74) is 2.58. The van der Waals surface area contributed by atoms with E-state index in [1.807, 2.05) is 12.1 Å². The van der Waals surface area contributed by atoms with Crippen LogP contribution in [0.2, 0.25) is 0 Å². The maximum absolute atomic E-state index is 5.58. The van der Waals surface area contributed by atoms with Gasteiger partial charge in [-0.25, -0.2) is 0 Å². The minimum Gasteiger partial charge on any atom is -0.467 e. The molecule has 8 heteroatoms. The van der Waals surface area contributed by atoms with Crippen molar-refractivity contribution in [3.8, 4) is 0 Å². The SMILES string of the molecule is CN=C(NCCCOCc1ccco1)NCc1ccc(CN2CCOCC2)cc1.I. The molecule has 30 heavy (non-hydrogen) atoms. The highest BCUT2D eigenvalue weighted by atomic mass is 127. The molecule has 2 heterocycles. The number of nitrogens with one attached hydrogen (secondary N) is 2. The van der Waals surface area contributed by atoms with Crippen LogP contribution in [0.5, 0.6) is 0 Å². The van der Waals surface area contributed by atoms with Crippen LogP contribution in [0.25, 0.3) is 0 Å². The van der Waals surface area contributed by atoms with Gasteiger partial charge in [0.15, 0.2) is 5.96 Å². The van der Waals surface area contributed by atoms with E-state index in [1.165, 1.54) is 11.1 Å². The summed E-state index contributed by atoms with van der Waals surface area (Å²) in [6.45, 7) is 7.43. The van der Waals surface area contributed by atoms with E-state index >= 15 is 0 Å². The first-order valence-corrected chi connectivity index (χ1v) is 10.3. The molecule has 0 bridgehead atoms. The third-order valence-electron chi connectivity index (χ3n) is 4.80. The van der Waals surface area contributed by atoms with E-state index in [-0.39, 0.29) is 24.0 Å². The Morgan fingerprint density at radius 2 is 1.87 bits per heavy atom. The van der Waals surface area contributed by atoms with E-state index in [0.717, 1.165) is 64.1 Å². The molecule has 1 fully saturated rings. The van der Waals surface area contributed by atoms with E-state index in [9.17, 15) is 0 Å². The Labute approximate surface area is 196 Å². The van der Waals surface area contributed by atoms with Crippen molar-refractivity contribution in [3.05, 3.63) is 59.5 Å². The van der Waals surface area contributed by atoms with Crippen molar-refractivity contribution < 1.29 is 13.9 Å². The number of hydrogen-bond acceptors (Lipinski definition) is 5. The largest absolute Gasteiger partial charge is 0.467 e. The average molecular weight is 528 g/mol. The number of benzene rings is 1. The fraction of sp³-hybridized carbons (Fsp3) is 0.500. The molecule has 7 nitrogen and oxygen atoms in total. The summed E-state index contributed by atoms with van der Waals surface area (Å²) in [6.07, 6.45) is 2.56. The number of aliphatic imine (C=N–C) groups is 1. The van der Waals surface area contributed by atoms with Crippen LogP contribution < -0.4 is 10.6 Å². The first-order valence-electron chi connectivity index (χ1n) is 10.3. The van der Waals surface area contributed by atoms with Crippen molar-refractivity contribution in [3.63, 3.8) is 0 Å². The normalized spacial score (nSPS) is 14.9. The molecule has 1 aliphatic rings. The molecule has 2 aromatic rings. The lowest BCUT2D eigenvalue weighted by Crippen LogP contribution is -2.37. The van der Waals surface area contributed by atoms with Gasteiger partial charge in [-0.3, -0.25) is 9.89 Å². The summed E-state index contributed by atoms with van der Waals surface area (Å²) in [5.74, 6) is 1.65. The summed E-state index contributed by atoms with van der Waals surface area (Å²) >= 11 is 0. The number of furan rings is 1. The van der Waals surface area contributed by atoms with Gasteiger partial charge in [-0.2, -0.15) is 0 Å². The van der Waals surface area contributed by atoms with Crippen LogP contribution in [0, 0.1) is 0 Å². The maximum Gasteiger partial charge on any atom is 0.191 e. The maximum atomic E-state index is 5.58. The summed E-state index contributed by atoms with van der Waals surface area (Å²) in [7, 11) is 1.79. The van der Waals surface area contributed by atoms with Gasteiger partial charge in [0, 0.05) is 46.4 Å². The Hall–Kier alpha value is -1.62. The third-order valence-corrected chi connectivity index (χ3v) is 4.80. The van der Waals surface area contributed by atoms with Crippen LogP contribution in [0.3, 0.4) is 0 Å². The summed E-state index contributed by atoms with van der Waals surface area (Å²) in [5, 5.41) is 6.67. The molecule has 0 atom stereocenters. The van der Waals surface area contributed by atoms with Gasteiger partial charge in [0.25, 0.3) is 0 Å². The minimum absolute atomic E-state index is 0. The number of ether oxygens (including phenoxy) is 2. The molecular formula is C22H33IN4O3. The molecule has 0 amide bonds.